The molecule has 1 atom stereocenters. The second-order valence-electron chi connectivity index (χ2n) is 4.82. The lowest BCUT2D eigenvalue weighted by Crippen LogP contribution is -2.42. The van der Waals surface area contributed by atoms with Crippen LogP contribution in [0.4, 0.5) is 5.69 Å². The molecule has 0 aliphatic carbocycles. The van der Waals surface area contributed by atoms with E-state index in [0.717, 1.165) is 28.6 Å². The molecule has 1 saturated heterocycles. The van der Waals surface area contributed by atoms with Crippen LogP contribution >= 0.6 is 15.9 Å². The van der Waals surface area contributed by atoms with E-state index in [1.807, 2.05) is 25.1 Å². The number of carbonyl (C=O) groups is 2. The standard InChI is InChI=1S/C14H17BrN2O2/c1-9-8-11(5-6-12(9)15)16-14(19)13-4-3-7-17(13)10(2)18/h5-6,8,13H,3-4,7H2,1-2H3,(H,16,19)/t13-/m0/s1. The number of carbonyl (C=O) groups excluding carboxylic acids is 2. The van der Waals surface area contributed by atoms with Crippen molar-refractivity contribution in [2.75, 3.05) is 11.9 Å². The number of amides is 2. The molecule has 1 fully saturated rings. The van der Waals surface area contributed by atoms with Crippen LogP contribution in [0.15, 0.2) is 22.7 Å². The first kappa shape index (κ1) is 14.1. The first-order valence-electron chi connectivity index (χ1n) is 6.33. The van der Waals surface area contributed by atoms with E-state index in [9.17, 15) is 9.59 Å². The average Bonchev–Trinajstić information content (AvgIpc) is 2.83. The minimum absolute atomic E-state index is 0.0374. The van der Waals surface area contributed by atoms with Crippen LogP contribution in [-0.2, 0) is 9.59 Å². The molecule has 5 heteroatoms. The molecular formula is C14H17BrN2O2. The second-order valence-corrected chi connectivity index (χ2v) is 5.68. The molecule has 2 rings (SSSR count). The van der Waals surface area contributed by atoms with Gasteiger partial charge in [0.1, 0.15) is 6.04 Å². The van der Waals surface area contributed by atoms with E-state index in [-0.39, 0.29) is 17.9 Å². The molecule has 4 nitrogen and oxygen atoms in total. The van der Waals surface area contributed by atoms with Crippen LogP contribution in [-0.4, -0.2) is 29.3 Å². The SMILES string of the molecule is CC(=O)N1CCC[C@H]1C(=O)Nc1ccc(Br)c(C)c1. The van der Waals surface area contributed by atoms with Gasteiger partial charge in [0.15, 0.2) is 0 Å². The molecule has 1 aliphatic heterocycles. The third-order valence-electron chi connectivity index (χ3n) is 3.39. The number of nitrogens with zero attached hydrogens (tertiary/aromatic N) is 1. The third-order valence-corrected chi connectivity index (χ3v) is 4.28. The van der Waals surface area contributed by atoms with E-state index in [1.54, 1.807) is 4.90 Å². The Hall–Kier alpha value is -1.36. The summed E-state index contributed by atoms with van der Waals surface area (Å²) >= 11 is 3.42. The van der Waals surface area contributed by atoms with Crippen molar-refractivity contribution in [2.24, 2.45) is 0 Å². The summed E-state index contributed by atoms with van der Waals surface area (Å²) in [5.41, 5.74) is 1.83. The first-order chi connectivity index (χ1) is 8.99. The highest BCUT2D eigenvalue weighted by Crippen LogP contribution is 2.22. The molecule has 2 amide bonds. The minimum atomic E-state index is -0.332. The summed E-state index contributed by atoms with van der Waals surface area (Å²) in [5, 5.41) is 2.88. The van der Waals surface area contributed by atoms with Gasteiger partial charge in [-0.05, 0) is 43.5 Å². The molecule has 1 aliphatic rings. The van der Waals surface area contributed by atoms with Gasteiger partial charge in [-0.3, -0.25) is 9.59 Å². The van der Waals surface area contributed by atoms with Crippen LogP contribution in [0, 0.1) is 6.92 Å². The molecule has 1 aromatic carbocycles. The highest BCUT2D eigenvalue weighted by Gasteiger charge is 2.32. The van der Waals surface area contributed by atoms with Gasteiger partial charge in [0.25, 0.3) is 0 Å². The Morgan fingerprint density at radius 2 is 2.16 bits per heavy atom. The number of benzene rings is 1. The lowest BCUT2D eigenvalue weighted by atomic mass is 10.2. The van der Waals surface area contributed by atoms with E-state index in [1.165, 1.54) is 6.92 Å². The van der Waals surface area contributed by atoms with Gasteiger partial charge in [0.05, 0.1) is 0 Å². The van der Waals surface area contributed by atoms with Gasteiger partial charge in [-0.15, -0.1) is 0 Å². The second kappa shape index (κ2) is 5.74. The molecule has 0 unspecified atom stereocenters. The fourth-order valence-electron chi connectivity index (χ4n) is 2.36. The average molecular weight is 325 g/mol. The summed E-state index contributed by atoms with van der Waals surface area (Å²) in [4.78, 5) is 25.3. The number of likely N-dealkylation sites (tertiary alicyclic amines) is 1. The van der Waals surface area contributed by atoms with Crippen molar-refractivity contribution in [2.45, 2.75) is 32.7 Å². The van der Waals surface area contributed by atoms with Crippen molar-refractivity contribution in [3.05, 3.63) is 28.2 Å². The van der Waals surface area contributed by atoms with E-state index in [2.05, 4.69) is 21.2 Å². The monoisotopic (exact) mass is 324 g/mol. The molecule has 0 bridgehead atoms. The van der Waals surface area contributed by atoms with Crippen molar-refractivity contribution in [1.82, 2.24) is 4.90 Å². The molecular weight excluding hydrogens is 308 g/mol. The van der Waals surface area contributed by atoms with E-state index in [4.69, 9.17) is 0 Å². The van der Waals surface area contributed by atoms with Crippen LogP contribution in [0.2, 0.25) is 0 Å². The third kappa shape index (κ3) is 3.15. The van der Waals surface area contributed by atoms with Crippen molar-refractivity contribution in [1.29, 1.82) is 0 Å². The number of anilines is 1. The predicted molar refractivity (Wildman–Crippen MR) is 77.9 cm³/mol. The molecule has 102 valence electrons. The molecule has 0 radical (unpaired) electrons. The molecule has 0 saturated carbocycles. The molecule has 19 heavy (non-hydrogen) atoms. The molecule has 1 aromatic rings. The van der Waals surface area contributed by atoms with Crippen molar-refractivity contribution in [3.8, 4) is 0 Å². The van der Waals surface area contributed by atoms with Crippen molar-refractivity contribution in [3.63, 3.8) is 0 Å². The van der Waals surface area contributed by atoms with Gasteiger partial charge in [-0.1, -0.05) is 15.9 Å². The van der Waals surface area contributed by atoms with Crippen LogP contribution in [0.1, 0.15) is 25.3 Å². The zero-order valence-corrected chi connectivity index (χ0v) is 12.7. The summed E-state index contributed by atoms with van der Waals surface area (Å²) < 4.78 is 1.01. The fourth-order valence-corrected chi connectivity index (χ4v) is 2.61. The maximum atomic E-state index is 12.2. The van der Waals surface area contributed by atoms with Crippen LogP contribution in [0.3, 0.4) is 0 Å². The largest absolute Gasteiger partial charge is 0.331 e. The number of nitrogens with one attached hydrogen (secondary N) is 1. The Bertz CT molecular complexity index is 516. The van der Waals surface area contributed by atoms with Gasteiger partial charge in [0.2, 0.25) is 11.8 Å². The molecule has 0 aromatic heterocycles. The lowest BCUT2D eigenvalue weighted by Gasteiger charge is -2.22. The predicted octanol–water partition coefficient (Wildman–Crippen LogP) is 2.71. The van der Waals surface area contributed by atoms with E-state index in [0.29, 0.717) is 6.54 Å². The Morgan fingerprint density at radius 3 is 2.79 bits per heavy atom. The minimum Gasteiger partial charge on any atom is -0.331 e. The van der Waals surface area contributed by atoms with Gasteiger partial charge in [-0.25, -0.2) is 0 Å². The van der Waals surface area contributed by atoms with Crippen LogP contribution in [0.25, 0.3) is 0 Å². The van der Waals surface area contributed by atoms with E-state index >= 15 is 0 Å². The maximum absolute atomic E-state index is 12.2. The number of hydrogen-bond acceptors (Lipinski definition) is 2. The first-order valence-corrected chi connectivity index (χ1v) is 7.12. The topological polar surface area (TPSA) is 49.4 Å². The van der Waals surface area contributed by atoms with Crippen molar-refractivity contribution < 1.29 is 9.59 Å². The van der Waals surface area contributed by atoms with Crippen LogP contribution in [0.5, 0.6) is 0 Å². The Kier molecular flexibility index (Phi) is 4.24. The highest BCUT2D eigenvalue weighted by molar-refractivity contribution is 9.10. The van der Waals surface area contributed by atoms with Gasteiger partial charge in [-0.2, -0.15) is 0 Å². The quantitative estimate of drug-likeness (QED) is 0.909. The van der Waals surface area contributed by atoms with E-state index < -0.39 is 0 Å². The Balaban J connectivity index is 2.08. The van der Waals surface area contributed by atoms with Gasteiger partial charge in [0, 0.05) is 23.6 Å². The van der Waals surface area contributed by atoms with Crippen molar-refractivity contribution >= 4 is 33.4 Å². The number of halogens is 1. The summed E-state index contributed by atoms with van der Waals surface area (Å²) in [6.45, 7) is 4.15. The molecule has 0 spiro atoms. The normalized spacial score (nSPS) is 18.5. The lowest BCUT2D eigenvalue weighted by molar-refractivity contribution is -0.134. The maximum Gasteiger partial charge on any atom is 0.247 e. The van der Waals surface area contributed by atoms with Crippen LogP contribution < -0.4 is 5.32 Å². The Morgan fingerprint density at radius 1 is 1.42 bits per heavy atom. The smallest absolute Gasteiger partial charge is 0.247 e. The number of aryl methyl sites for hydroxylation is 1. The summed E-state index contributed by atoms with van der Waals surface area (Å²) in [6.07, 6.45) is 1.62. The fraction of sp³-hybridized carbons (Fsp3) is 0.429. The summed E-state index contributed by atoms with van der Waals surface area (Å²) in [5.74, 6) is -0.140. The van der Waals surface area contributed by atoms with Gasteiger partial charge < -0.3 is 10.2 Å². The molecule has 1 heterocycles. The van der Waals surface area contributed by atoms with Gasteiger partial charge >= 0.3 is 0 Å². The summed E-state index contributed by atoms with van der Waals surface area (Å²) in [6, 6.07) is 5.33. The zero-order valence-electron chi connectivity index (χ0n) is 11.1. The summed E-state index contributed by atoms with van der Waals surface area (Å²) in [7, 11) is 0. The zero-order chi connectivity index (χ0) is 14.0. The highest BCUT2D eigenvalue weighted by atomic mass is 79.9. The number of hydrogen-bond donors (Lipinski definition) is 1. The molecule has 1 N–H and O–H groups in total. The Labute approximate surface area is 121 Å². The number of rotatable bonds is 2.